The summed E-state index contributed by atoms with van der Waals surface area (Å²) < 4.78 is 51.2. The van der Waals surface area contributed by atoms with Crippen molar-refractivity contribution in [3.63, 3.8) is 0 Å². The third-order valence-corrected chi connectivity index (χ3v) is 5.37. The van der Waals surface area contributed by atoms with Crippen molar-refractivity contribution >= 4 is 11.0 Å². The first-order valence-electron chi connectivity index (χ1n) is 8.50. The van der Waals surface area contributed by atoms with Crippen LogP contribution < -0.4 is 4.72 Å². The molecule has 0 radical (unpaired) electrons. The lowest BCUT2D eigenvalue weighted by atomic mass is 9.76. The minimum atomic E-state index is -4.77. The van der Waals surface area contributed by atoms with Gasteiger partial charge in [0.2, 0.25) is 0 Å². The number of hydrogen-bond acceptors (Lipinski definition) is 1. The van der Waals surface area contributed by atoms with Crippen molar-refractivity contribution in [3.05, 3.63) is 35.4 Å². The molecule has 1 aromatic rings. The molecule has 1 aromatic carbocycles. The minimum absolute atomic E-state index is 0.193. The van der Waals surface area contributed by atoms with Gasteiger partial charge >= 0.3 is 5.51 Å². The van der Waals surface area contributed by atoms with Crippen molar-refractivity contribution in [1.29, 1.82) is 0 Å². The maximum atomic E-state index is 12.5. The van der Waals surface area contributed by atoms with Crippen LogP contribution in [0.4, 0.5) is 13.2 Å². The number of alkyl halides is 3. The average Bonchev–Trinajstić information content (AvgIpc) is 2.42. The summed E-state index contributed by atoms with van der Waals surface area (Å²) in [5.41, 5.74) is -3.77. The topological polar surface area (TPSA) is 29.1 Å². The number of hydrogen-bond donors (Lipinski definition) is 1. The van der Waals surface area contributed by atoms with Crippen molar-refractivity contribution in [3.8, 4) is 0 Å². The predicted octanol–water partition coefficient (Wildman–Crippen LogP) is 5.87. The first-order chi connectivity index (χ1) is 11.1. The third-order valence-electron chi connectivity index (χ3n) is 4.26. The molecule has 6 heteroatoms. The lowest BCUT2D eigenvalue weighted by Gasteiger charge is -2.30. The molecule has 1 rings (SSSR count). The van der Waals surface area contributed by atoms with Gasteiger partial charge in [-0.25, -0.2) is 8.93 Å². The molecule has 0 aliphatic rings. The average molecular weight is 378 g/mol. The summed E-state index contributed by atoms with van der Waals surface area (Å²) in [4.78, 5) is 0. The van der Waals surface area contributed by atoms with Gasteiger partial charge in [0.15, 0.2) is 11.0 Å². The highest BCUT2D eigenvalue weighted by Gasteiger charge is 2.40. The molecule has 0 fully saturated rings. The molecule has 2 unspecified atom stereocenters. The monoisotopic (exact) mass is 377 g/mol. The van der Waals surface area contributed by atoms with Crippen LogP contribution in [-0.4, -0.2) is 9.72 Å². The molecule has 0 aromatic heterocycles. The Labute approximate surface area is 152 Å². The van der Waals surface area contributed by atoms with Gasteiger partial charge < -0.3 is 0 Å². The van der Waals surface area contributed by atoms with Crippen LogP contribution in [0.5, 0.6) is 0 Å². The van der Waals surface area contributed by atoms with Crippen LogP contribution in [0.15, 0.2) is 24.3 Å². The summed E-state index contributed by atoms with van der Waals surface area (Å²) in [6, 6.07) is 7.61. The Morgan fingerprint density at radius 2 is 1.48 bits per heavy atom. The van der Waals surface area contributed by atoms with Gasteiger partial charge in [-0.3, -0.25) is 0 Å². The van der Waals surface area contributed by atoms with Crippen molar-refractivity contribution in [2.24, 2.45) is 11.3 Å². The molecular weight excluding hydrogens is 347 g/mol. The van der Waals surface area contributed by atoms with E-state index in [2.05, 4.69) is 39.3 Å². The van der Waals surface area contributed by atoms with Gasteiger partial charge in [-0.1, -0.05) is 58.9 Å². The molecule has 25 heavy (non-hydrogen) atoms. The van der Waals surface area contributed by atoms with E-state index in [1.165, 1.54) is 5.56 Å². The summed E-state index contributed by atoms with van der Waals surface area (Å²) in [7, 11) is -3.09. The van der Waals surface area contributed by atoms with Crippen LogP contribution in [0.1, 0.15) is 71.9 Å². The van der Waals surface area contributed by atoms with Gasteiger partial charge in [0, 0.05) is 0 Å². The van der Waals surface area contributed by atoms with Gasteiger partial charge in [-0.2, -0.15) is 13.2 Å². The second-order valence-corrected chi connectivity index (χ2v) is 9.88. The highest BCUT2D eigenvalue weighted by atomic mass is 32.2. The van der Waals surface area contributed by atoms with E-state index in [1.807, 2.05) is 24.3 Å². The summed E-state index contributed by atoms with van der Waals surface area (Å²) in [6.45, 7) is 14.2. The van der Waals surface area contributed by atoms with Crippen LogP contribution in [-0.2, 0) is 16.5 Å². The van der Waals surface area contributed by atoms with Gasteiger partial charge in [-0.15, -0.1) is 0 Å². The minimum Gasteiger partial charge on any atom is -0.233 e. The summed E-state index contributed by atoms with van der Waals surface area (Å²) in [5, 5.41) is 0. The molecule has 0 bridgehead atoms. The standard InChI is InChI=1S/C19H30F3NOS/c1-13(2)16(12-17(3,4)5)14-8-10-15(11-9-14)18(6,7)23-25(24)19(20,21)22/h8-11,13,16,23H,12H2,1-7H3. The van der Waals surface area contributed by atoms with E-state index in [4.69, 9.17) is 0 Å². The van der Waals surface area contributed by atoms with Crippen LogP contribution in [0.2, 0.25) is 0 Å². The zero-order valence-electron chi connectivity index (χ0n) is 16.1. The second-order valence-electron chi connectivity index (χ2n) is 8.68. The van der Waals surface area contributed by atoms with E-state index < -0.39 is 22.0 Å². The summed E-state index contributed by atoms with van der Waals surface area (Å²) in [5.74, 6) is 0.850. The molecule has 0 aliphatic heterocycles. The Balaban J connectivity index is 3.02. The summed E-state index contributed by atoms with van der Waals surface area (Å²) in [6.07, 6.45) is 1.03. The smallest absolute Gasteiger partial charge is 0.233 e. The largest absolute Gasteiger partial charge is 0.485 e. The molecule has 2 nitrogen and oxygen atoms in total. The molecule has 1 N–H and O–H groups in total. The van der Waals surface area contributed by atoms with Gasteiger partial charge in [-0.05, 0) is 48.6 Å². The lowest BCUT2D eigenvalue weighted by Crippen LogP contribution is -2.42. The van der Waals surface area contributed by atoms with E-state index >= 15 is 0 Å². The van der Waals surface area contributed by atoms with Gasteiger partial charge in [0.1, 0.15) is 0 Å². The number of rotatable bonds is 6. The fourth-order valence-corrected chi connectivity index (χ4v) is 3.59. The zero-order valence-corrected chi connectivity index (χ0v) is 16.9. The van der Waals surface area contributed by atoms with Gasteiger partial charge in [0.05, 0.1) is 5.54 Å². The molecule has 2 atom stereocenters. The molecular formula is C19H30F3NOS. The Morgan fingerprint density at radius 1 is 1.00 bits per heavy atom. The highest BCUT2D eigenvalue weighted by molar-refractivity contribution is 7.83. The van der Waals surface area contributed by atoms with Crippen LogP contribution >= 0.6 is 0 Å². The maximum absolute atomic E-state index is 12.5. The molecule has 0 aliphatic carbocycles. The zero-order chi connectivity index (χ0) is 19.6. The predicted molar refractivity (Wildman–Crippen MR) is 98.5 cm³/mol. The van der Waals surface area contributed by atoms with E-state index in [0.29, 0.717) is 17.4 Å². The molecule has 0 saturated heterocycles. The van der Waals surface area contributed by atoms with E-state index in [-0.39, 0.29) is 5.41 Å². The fraction of sp³-hybridized carbons (Fsp3) is 0.684. The highest BCUT2D eigenvalue weighted by Crippen LogP contribution is 2.37. The van der Waals surface area contributed by atoms with E-state index in [0.717, 1.165) is 6.42 Å². The van der Waals surface area contributed by atoms with Crippen molar-refractivity contribution in [2.45, 2.75) is 71.9 Å². The Bertz CT molecular complexity index is 586. The Hall–Kier alpha value is -0.880. The third kappa shape index (κ3) is 6.74. The number of halogens is 3. The van der Waals surface area contributed by atoms with Crippen molar-refractivity contribution in [1.82, 2.24) is 4.72 Å². The SMILES string of the molecule is CC(C)C(CC(C)(C)C)c1ccc(C(C)(C)NS(=O)C(F)(F)F)cc1. The van der Waals surface area contributed by atoms with Crippen molar-refractivity contribution in [2.75, 3.05) is 0 Å². The fourth-order valence-electron chi connectivity index (χ4n) is 2.89. The van der Waals surface area contributed by atoms with Crippen molar-refractivity contribution < 1.29 is 17.4 Å². The molecule has 0 heterocycles. The van der Waals surface area contributed by atoms with E-state index in [9.17, 15) is 17.4 Å². The molecule has 0 saturated carbocycles. The van der Waals surface area contributed by atoms with Crippen LogP contribution in [0.3, 0.4) is 0 Å². The lowest BCUT2D eigenvalue weighted by molar-refractivity contribution is -0.0401. The second kappa shape index (κ2) is 7.78. The molecule has 0 spiro atoms. The Morgan fingerprint density at radius 3 is 1.84 bits per heavy atom. The maximum Gasteiger partial charge on any atom is 0.485 e. The quantitative estimate of drug-likeness (QED) is 0.660. The summed E-state index contributed by atoms with van der Waals surface area (Å²) >= 11 is 0. The van der Waals surface area contributed by atoms with Crippen LogP contribution in [0, 0.1) is 11.3 Å². The van der Waals surface area contributed by atoms with Gasteiger partial charge in [0.25, 0.3) is 0 Å². The molecule has 144 valence electrons. The van der Waals surface area contributed by atoms with Crippen LogP contribution in [0.25, 0.3) is 0 Å². The molecule has 0 amide bonds. The first kappa shape index (κ1) is 22.2. The number of nitrogens with one attached hydrogen (secondary N) is 1. The van der Waals surface area contributed by atoms with E-state index in [1.54, 1.807) is 13.8 Å². The Kier molecular flexibility index (Phi) is 6.90. The first-order valence-corrected chi connectivity index (χ1v) is 9.65. The number of benzene rings is 1. The normalized spacial score (nSPS) is 16.1.